The number of fused-ring (bicyclic) bond motifs is 1. The van der Waals surface area contributed by atoms with E-state index in [-0.39, 0.29) is 24.3 Å². The second-order valence-electron chi connectivity index (χ2n) is 8.96. The van der Waals surface area contributed by atoms with Crippen molar-refractivity contribution in [1.29, 1.82) is 5.26 Å². The molecule has 1 aliphatic rings. The largest absolute Gasteiger partial charge is 0.497 e. The van der Waals surface area contributed by atoms with Crippen LogP contribution in [0.2, 0.25) is 0 Å². The molecular weight excluding hydrogens is 733 g/mol. The summed E-state index contributed by atoms with van der Waals surface area (Å²) in [5.74, 6) is 0.587. The van der Waals surface area contributed by atoms with E-state index >= 15 is 0 Å². The summed E-state index contributed by atoms with van der Waals surface area (Å²) in [5, 5.41) is 9.09. The van der Waals surface area contributed by atoms with Crippen LogP contribution in [0.25, 0.3) is 11.8 Å². The summed E-state index contributed by atoms with van der Waals surface area (Å²) in [7, 11) is 1.58. The van der Waals surface area contributed by atoms with Crippen LogP contribution in [0.5, 0.6) is 11.5 Å². The number of nitriles is 1. The summed E-state index contributed by atoms with van der Waals surface area (Å²) < 4.78 is 20.1. The summed E-state index contributed by atoms with van der Waals surface area (Å²) in [6.45, 7) is 1.77. The molecule has 212 valence electrons. The normalized spacial score (nSPS) is 14.5. The summed E-state index contributed by atoms with van der Waals surface area (Å²) in [5.41, 5.74) is 2.44. The number of hydrogen-bond acceptors (Lipinski definition) is 8. The van der Waals surface area contributed by atoms with Crippen molar-refractivity contribution in [1.82, 2.24) is 4.57 Å². The lowest BCUT2D eigenvalue weighted by Gasteiger charge is -2.26. The molecule has 5 rings (SSSR count). The van der Waals surface area contributed by atoms with E-state index in [4.69, 9.17) is 24.5 Å². The summed E-state index contributed by atoms with van der Waals surface area (Å²) in [6.07, 6.45) is 1.73. The molecule has 0 spiro atoms. The smallest absolute Gasteiger partial charge is 0.338 e. The quantitative estimate of drug-likeness (QED) is 0.181. The molecule has 42 heavy (non-hydrogen) atoms. The molecule has 0 saturated heterocycles. The van der Waals surface area contributed by atoms with Crippen LogP contribution in [0.3, 0.4) is 0 Å². The first-order chi connectivity index (χ1) is 20.4. The second kappa shape index (κ2) is 13.1. The lowest BCUT2D eigenvalue weighted by molar-refractivity contribution is -0.138. The predicted molar refractivity (Wildman–Crippen MR) is 172 cm³/mol. The maximum Gasteiger partial charge on any atom is 0.338 e. The number of esters is 1. The number of carbonyl (C=O) groups is 1. The molecule has 3 aromatic carbocycles. The fraction of sp³-hybridized carbons (Fsp3) is 0.161. The standard InChI is InChI=1S/C31H23BrIN3O5S/c1-3-40-30(38)25-26(18-7-5-4-6-8-18)35-31-36(27(25)19-9-11-22(39-2)12-10-19)29(37)24(42-31)16-20-15-21(32)17-23(33)28(20)41-14-13-34/h4-12,15-17,27H,3,14H2,1-2H3/b24-16-/t27-/m0/s1. The van der Waals surface area contributed by atoms with Gasteiger partial charge in [0.25, 0.3) is 5.56 Å². The van der Waals surface area contributed by atoms with Gasteiger partial charge in [-0.2, -0.15) is 5.26 Å². The molecule has 2 heterocycles. The average Bonchev–Trinajstić information content (AvgIpc) is 3.30. The van der Waals surface area contributed by atoms with Crippen LogP contribution < -0.4 is 24.4 Å². The van der Waals surface area contributed by atoms with E-state index in [9.17, 15) is 9.59 Å². The third-order valence-electron chi connectivity index (χ3n) is 6.41. The van der Waals surface area contributed by atoms with Gasteiger partial charge >= 0.3 is 5.97 Å². The Morgan fingerprint density at radius 1 is 1.19 bits per heavy atom. The van der Waals surface area contributed by atoms with Crippen molar-refractivity contribution in [2.75, 3.05) is 20.3 Å². The van der Waals surface area contributed by atoms with Gasteiger partial charge in [0.05, 0.1) is 39.1 Å². The lowest BCUT2D eigenvalue weighted by atomic mass is 9.93. The maximum atomic E-state index is 14.2. The first kappa shape index (κ1) is 29.8. The molecule has 0 bridgehead atoms. The predicted octanol–water partition coefficient (Wildman–Crippen LogP) is 5.21. The fourth-order valence-electron chi connectivity index (χ4n) is 4.63. The van der Waals surface area contributed by atoms with Gasteiger partial charge in [0, 0.05) is 15.6 Å². The van der Waals surface area contributed by atoms with Gasteiger partial charge in [-0.05, 0) is 65.4 Å². The van der Waals surface area contributed by atoms with Crippen molar-refractivity contribution in [2.45, 2.75) is 13.0 Å². The van der Waals surface area contributed by atoms with Crippen molar-refractivity contribution in [3.05, 3.63) is 117 Å². The number of benzene rings is 3. The molecular formula is C31H23BrIN3O5S. The number of hydrogen-bond donors (Lipinski definition) is 0. The van der Waals surface area contributed by atoms with E-state index in [1.165, 1.54) is 15.9 Å². The van der Waals surface area contributed by atoms with E-state index in [2.05, 4.69) is 38.5 Å². The van der Waals surface area contributed by atoms with Crippen molar-refractivity contribution in [2.24, 2.45) is 4.99 Å². The molecule has 8 nitrogen and oxygen atoms in total. The molecule has 1 aromatic heterocycles. The highest BCUT2D eigenvalue weighted by molar-refractivity contribution is 14.1. The zero-order valence-electron chi connectivity index (χ0n) is 22.5. The SMILES string of the molecule is CCOC(=O)C1=C(c2ccccc2)N=c2s/c(=C\c3cc(Br)cc(I)c3OCC#N)c(=O)n2[C@H]1c1ccc(OC)cc1. The number of ether oxygens (including phenoxy) is 3. The van der Waals surface area contributed by atoms with Crippen molar-refractivity contribution in [3.8, 4) is 17.6 Å². The topological polar surface area (TPSA) is 103 Å². The number of carbonyl (C=O) groups excluding carboxylic acids is 1. The Morgan fingerprint density at radius 3 is 2.60 bits per heavy atom. The first-order valence-corrected chi connectivity index (χ1v) is 15.5. The number of methoxy groups -OCH3 is 1. The summed E-state index contributed by atoms with van der Waals surface area (Å²) in [6, 6.07) is 21.5. The van der Waals surface area contributed by atoms with Crippen molar-refractivity contribution in [3.63, 3.8) is 0 Å². The van der Waals surface area contributed by atoms with Crippen molar-refractivity contribution >= 4 is 67.6 Å². The highest BCUT2D eigenvalue weighted by atomic mass is 127. The molecule has 0 fully saturated rings. The van der Waals surface area contributed by atoms with Gasteiger partial charge in [-0.15, -0.1) is 0 Å². The van der Waals surface area contributed by atoms with E-state index in [0.717, 1.165) is 13.6 Å². The van der Waals surface area contributed by atoms with Gasteiger partial charge in [0.15, 0.2) is 11.4 Å². The third-order valence-corrected chi connectivity index (χ3v) is 8.65. The molecule has 11 heteroatoms. The number of nitrogens with zero attached hydrogens (tertiary/aromatic N) is 3. The Morgan fingerprint density at radius 2 is 1.93 bits per heavy atom. The Labute approximate surface area is 267 Å². The molecule has 1 atom stereocenters. The average molecular weight is 756 g/mol. The van der Waals surface area contributed by atoms with E-state index in [1.807, 2.05) is 60.7 Å². The number of halogens is 2. The van der Waals surface area contributed by atoms with Gasteiger partial charge in [-0.1, -0.05) is 69.7 Å². The van der Waals surface area contributed by atoms with Gasteiger partial charge in [0.2, 0.25) is 0 Å². The molecule has 0 unspecified atom stereocenters. The van der Waals surface area contributed by atoms with Crippen LogP contribution >= 0.6 is 49.9 Å². The number of rotatable bonds is 8. The van der Waals surface area contributed by atoms with Crippen LogP contribution in [0.15, 0.2) is 86.6 Å². The first-order valence-electron chi connectivity index (χ1n) is 12.8. The van der Waals surface area contributed by atoms with Gasteiger partial charge in [0.1, 0.15) is 17.6 Å². The molecule has 0 saturated carbocycles. The van der Waals surface area contributed by atoms with E-state index < -0.39 is 12.0 Å². The minimum Gasteiger partial charge on any atom is -0.497 e. The van der Waals surface area contributed by atoms with Crippen LogP contribution in [0.1, 0.15) is 29.7 Å². The van der Waals surface area contributed by atoms with Gasteiger partial charge in [-0.3, -0.25) is 9.36 Å². The fourth-order valence-corrected chi connectivity index (χ4v) is 7.33. The molecule has 0 aliphatic carbocycles. The van der Waals surface area contributed by atoms with Gasteiger partial charge in [-0.25, -0.2) is 9.79 Å². The summed E-state index contributed by atoms with van der Waals surface area (Å²) >= 11 is 6.86. The number of aromatic nitrogens is 1. The Hall–Kier alpha value is -3.73. The molecule has 1 aliphatic heterocycles. The Kier molecular flexibility index (Phi) is 9.25. The zero-order chi connectivity index (χ0) is 29.8. The second-order valence-corrected chi connectivity index (χ2v) is 12.0. The van der Waals surface area contributed by atoms with E-state index in [0.29, 0.717) is 37.7 Å². The highest BCUT2D eigenvalue weighted by Gasteiger charge is 2.35. The molecule has 0 N–H and O–H groups in total. The van der Waals surface area contributed by atoms with Crippen LogP contribution in [0, 0.1) is 14.9 Å². The Balaban J connectivity index is 1.82. The van der Waals surface area contributed by atoms with Crippen LogP contribution in [-0.2, 0) is 9.53 Å². The maximum absolute atomic E-state index is 14.2. The van der Waals surface area contributed by atoms with Crippen LogP contribution in [-0.4, -0.2) is 30.9 Å². The summed E-state index contributed by atoms with van der Waals surface area (Å²) in [4.78, 5) is 33.1. The molecule has 0 radical (unpaired) electrons. The Bertz CT molecular complexity index is 1910. The number of thiazole rings is 1. The molecule has 0 amide bonds. The minimum absolute atomic E-state index is 0.138. The van der Waals surface area contributed by atoms with Crippen molar-refractivity contribution < 1.29 is 19.0 Å². The van der Waals surface area contributed by atoms with Gasteiger partial charge < -0.3 is 14.2 Å². The highest BCUT2D eigenvalue weighted by Crippen LogP contribution is 2.36. The van der Waals surface area contributed by atoms with E-state index in [1.54, 1.807) is 32.2 Å². The minimum atomic E-state index is -0.805. The lowest BCUT2D eigenvalue weighted by Crippen LogP contribution is -2.40. The monoisotopic (exact) mass is 755 g/mol. The molecule has 4 aromatic rings. The zero-order valence-corrected chi connectivity index (χ0v) is 27.0. The van der Waals surface area contributed by atoms with Crippen LogP contribution in [0.4, 0.5) is 0 Å². The third kappa shape index (κ3) is 5.92.